The highest BCUT2D eigenvalue weighted by Gasteiger charge is 2.35. The lowest BCUT2D eigenvalue weighted by molar-refractivity contribution is -0.143. The molecule has 0 saturated heterocycles. The Kier molecular flexibility index (Phi) is 3.40. The maximum atomic E-state index is 13.1. The van der Waals surface area contributed by atoms with Gasteiger partial charge >= 0.3 is 6.18 Å². The van der Waals surface area contributed by atoms with Gasteiger partial charge in [-0.15, -0.1) is 16.4 Å². The second-order valence-corrected chi connectivity index (χ2v) is 8.10. The highest BCUT2D eigenvalue weighted by Crippen LogP contribution is 2.39. The van der Waals surface area contributed by atoms with E-state index in [1.54, 1.807) is 17.7 Å². The lowest BCUT2D eigenvalue weighted by Crippen LogP contribution is -2.11. The molecule has 1 atom stereocenters. The highest BCUT2D eigenvalue weighted by atomic mass is 32.1. The predicted molar refractivity (Wildman–Crippen MR) is 94.6 cm³/mol. The van der Waals surface area contributed by atoms with E-state index in [2.05, 4.69) is 27.1 Å². The Bertz CT molecular complexity index is 1190. The summed E-state index contributed by atoms with van der Waals surface area (Å²) in [4.78, 5) is 11.2. The smallest absolute Gasteiger partial charge is 0.263 e. The summed E-state index contributed by atoms with van der Waals surface area (Å²) in [5.41, 5.74) is 1.14. The minimum atomic E-state index is -4.48. The summed E-state index contributed by atoms with van der Waals surface area (Å²) < 4.78 is 41.5. The number of fused-ring (bicyclic) bond motifs is 5. The Morgan fingerprint density at radius 1 is 1.26 bits per heavy atom. The Hall–Kier alpha value is -2.49. The first-order valence-electron chi connectivity index (χ1n) is 8.58. The van der Waals surface area contributed by atoms with Crippen LogP contribution in [0.4, 0.5) is 13.2 Å². The second-order valence-electron chi connectivity index (χ2n) is 7.02. The van der Waals surface area contributed by atoms with Gasteiger partial charge in [0.25, 0.3) is 0 Å². The molecule has 0 radical (unpaired) electrons. The summed E-state index contributed by atoms with van der Waals surface area (Å²) in [5.74, 6) is 0.809. The SMILES string of the molecule is CC1CCc2c(sc3ncn4nc(-c5cc(C(F)(F)F)n(C)n5)nc4c23)C1. The third-order valence-electron chi connectivity index (χ3n) is 5.03. The number of thiophene rings is 1. The Morgan fingerprint density at radius 3 is 2.81 bits per heavy atom. The topological polar surface area (TPSA) is 60.9 Å². The molecule has 1 aliphatic rings. The zero-order chi connectivity index (χ0) is 18.9. The van der Waals surface area contributed by atoms with Gasteiger partial charge in [0, 0.05) is 11.9 Å². The molecule has 0 fully saturated rings. The van der Waals surface area contributed by atoms with Gasteiger partial charge in [-0.3, -0.25) is 4.68 Å². The number of rotatable bonds is 1. The van der Waals surface area contributed by atoms with Crippen LogP contribution in [0.15, 0.2) is 12.4 Å². The molecule has 0 bridgehead atoms. The molecule has 4 heterocycles. The fourth-order valence-corrected chi connectivity index (χ4v) is 5.03. The molecule has 1 unspecified atom stereocenters. The van der Waals surface area contributed by atoms with Gasteiger partial charge in [-0.05, 0) is 36.8 Å². The molecule has 4 aromatic rings. The van der Waals surface area contributed by atoms with Crippen molar-refractivity contribution in [3.63, 3.8) is 0 Å². The maximum Gasteiger partial charge on any atom is 0.433 e. The standard InChI is InChI=1S/C17H15F3N6S/c1-8-3-4-9-11(5-8)27-16-13(9)15-22-14(24-26(15)7-21-16)10-6-12(17(18,19)20)25(2)23-10/h6-8H,3-5H2,1-2H3. The van der Waals surface area contributed by atoms with E-state index in [0.29, 0.717) is 11.6 Å². The highest BCUT2D eigenvalue weighted by molar-refractivity contribution is 7.19. The molecule has 0 aliphatic heterocycles. The van der Waals surface area contributed by atoms with Crippen LogP contribution >= 0.6 is 11.3 Å². The molecule has 6 nitrogen and oxygen atoms in total. The maximum absolute atomic E-state index is 13.1. The lowest BCUT2D eigenvalue weighted by Gasteiger charge is -2.17. The molecule has 0 saturated carbocycles. The fourth-order valence-electron chi connectivity index (χ4n) is 3.69. The van der Waals surface area contributed by atoms with Crippen LogP contribution in [0.3, 0.4) is 0 Å². The van der Waals surface area contributed by atoms with E-state index in [9.17, 15) is 13.2 Å². The van der Waals surface area contributed by atoms with Crippen molar-refractivity contribution in [1.82, 2.24) is 29.4 Å². The molecule has 0 N–H and O–H groups in total. The summed E-state index contributed by atoms with van der Waals surface area (Å²) in [6.07, 6.45) is 0.181. The van der Waals surface area contributed by atoms with Crippen LogP contribution in [0.5, 0.6) is 0 Å². The van der Waals surface area contributed by atoms with Crippen LogP contribution in [0.2, 0.25) is 0 Å². The fraction of sp³-hybridized carbons (Fsp3) is 0.412. The van der Waals surface area contributed by atoms with Gasteiger partial charge in [-0.2, -0.15) is 18.3 Å². The van der Waals surface area contributed by atoms with Crippen molar-refractivity contribution in [3.8, 4) is 11.5 Å². The summed E-state index contributed by atoms with van der Waals surface area (Å²) in [6.45, 7) is 2.24. The van der Waals surface area contributed by atoms with Gasteiger partial charge in [0.05, 0.1) is 5.39 Å². The van der Waals surface area contributed by atoms with Crippen LogP contribution in [0.25, 0.3) is 27.4 Å². The Labute approximate surface area is 155 Å². The third-order valence-corrected chi connectivity index (χ3v) is 6.19. The van der Waals surface area contributed by atoms with Crippen molar-refractivity contribution in [2.45, 2.75) is 32.4 Å². The molecule has 10 heteroatoms. The van der Waals surface area contributed by atoms with Gasteiger partial charge in [0.15, 0.2) is 5.65 Å². The first kappa shape index (κ1) is 16.7. The first-order chi connectivity index (χ1) is 12.8. The number of aryl methyl sites for hydroxylation is 2. The number of hydrogen-bond donors (Lipinski definition) is 0. The molecule has 5 rings (SSSR count). The van der Waals surface area contributed by atoms with E-state index >= 15 is 0 Å². The average molecular weight is 392 g/mol. The monoisotopic (exact) mass is 392 g/mol. The van der Waals surface area contributed by atoms with E-state index in [-0.39, 0.29) is 11.5 Å². The minimum absolute atomic E-state index is 0.0967. The van der Waals surface area contributed by atoms with E-state index in [1.807, 2.05) is 0 Å². The first-order valence-corrected chi connectivity index (χ1v) is 9.40. The van der Waals surface area contributed by atoms with E-state index in [0.717, 1.165) is 40.2 Å². The summed E-state index contributed by atoms with van der Waals surface area (Å²) >= 11 is 1.67. The second kappa shape index (κ2) is 5.51. The number of halogens is 3. The number of nitrogens with zero attached hydrogens (tertiary/aromatic N) is 6. The molecule has 1 aliphatic carbocycles. The van der Waals surface area contributed by atoms with Crippen LogP contribution in [-0.4, -0.2) is 29.4 Å². The van der Waals surface area contributed by atoms with Gasteiger partial charge in [0.2, 0.25) is 5.82 Å². The largest absolute Gasteiger partial charge is 0.433 e. The Morgan fingerprint density at radius 2 is 2.07 bits per heavy atom. The van der Waals surface area contributed by atoms with E-state index in [1.165, 1.54) is 22.0 Å². The molecular formula is C17H15F3N6S. The van der Waals surface area contributed by atoms with Crippen molar-refractivity contribution in [2.24, 2.45) is 13.0 Å². The summed E-state index contributed by atoms with van der Waals surface area (Å²) in [5, 5.41) is 9.23. The van der Waals surface area contributed by atoms with Crippen molar-refractivity contribution in [1.29, 1.82) is 0 Å². The summed E-state index contributed by atoms with van der Waals surface area (Å²) in [7, 11) is 1.26. The van der Waals surface area contributed by atoms with E-state index < -0.39 is 11.9 Å². The van der Waals surface area contributed by atoms with Crippen LogP contribution in [-0.2, 0) is 26.1 Å². The third kappa shape index (κ3) is 2.53. The van der Waals surface area contributed by atoms with Crippen LogP contribution in [0.1, 0.15) is 29.5 Å². The molecule has 0 spiro atoms. The predicted octanol–water partition coefficient (Wildman–Crippen LogP) is 3.88. The molecule has 0 aromatic carbocycles. The van der Waals surface area contributed by atoms with Gasteiger partial charge < -0.3 is 0 Å². The quantitative estimate of drug-likeness (QED) is 0.493. The van der Waals surface area contributed by atoms with Gasteiger partial charge in [0.1, 0.15) is 22.5 Å². The molecule has 140 valence electrons. The molecule has 0 amide bonds. The molecular weight excluding hydrogens is 377 g/mol. The van der Waals surface area contributed by atoms with Crippen molar-refractivity contribution in [3.05, 3.63) is 28.5 Å². The number of alkyl halides is 3. The van der Waals surface area contributed by atoms with Gasteiger partial charge in [-0.1, -0.05) is 6.92 Å². The number of hydrogen-bond acceptors (Lipinski definition) is 5. The molecule has 4 aromatic heterocycles. The zero-order valence-electron chi connectivity index (χ0n) is 14.6. The average Bonchev–Trinajstić information content (AvgIpc) is 3.26. The van der Waals surface area contributed by atoms with Crippen LogP contribution < -0.4 is 0 Å². The number of aromatic nitrogens is 6. The van der Waals surface area contributed by atoms with Crippen LogP contribution in [0, 0.1) is 5.92 Å². The van der Waals surface area contributed by atoms with Crippen molar-refractivity contribution >= 4 is 27.2 Å². The zero-order valence-corrected chi connectivity index (χ0v) is 15.4. The minimum Gasteiger partial charge on any atom is -0.263 e. The van der Waals surface area contributed by atoms with Gasteiger partial charge in [-0.25, -0.2) is 14.5 Å². The van der Waals surface area contributed by atoms with Crippen molar-refractivity contribution in [2.75, 3.05) is 0 Å². The van der Waals surface area contributed by atoms with Crippen molar-refractivity contribution < 1.29 is 13.2 Å². The van der Waals surface area contributed by atoms with E-state index in [4.69, 9.17) is 0 Å². The lowest BCUT2D eigenvalue weighted by atomic mass is 9.89. The molecule has 27 heavy (non-hydrogen) atoms. The Balaban J connectivity index is 1.69. The summed E-state index contributed by atoms with van der Waals surface area (Å²) in [6, 6.07) is 0.976. The normalized spacial score (nSPS) is 17.7.